The van der Waals surface area contributed by atoms with Crippen LogP contribution in [0.2, 0.25) is 0 Å². The van der Waals surface area contributed by atoms with Crippen molar-refractivity contribution in [3.8, 4) is 5.69 Å². The molecule has 326 valence electrons. The van der Waals surface area contributed by atoms with Crippen LogP contribution >= 0.6 is 31.9 Å². The van der Waals surface area contributed by atoms with E-state index < -0.39 is 0 Å². The Labute approximate surface area is 384 Å². The molecule has 0 spiro atoms. The van der Waals surface area contributed by atoms with Gasteiger partial charge in [-0.05, 0) is 124 Å². The Morgan fingerprint density at radius 3 is 1.97 bits per heavy atom. The van der Waals surface area contributed by atoms with Crippen molar-refractivity contribution in [2.45, 2.75) is 95.7 Å². The molecule has 2 fully saturated rings. The summed E-state index contributed by atoms with van der Waals surface area (Å²) in [5.74, 6) is 1.35. The molecule has 2 aliphatic heterocycles. The summed E-state index contributed by atoms with van der Waals surface area (Å²) >= 11 is 7.20. The molecule has 4 atom stereocenters. The smallest absolute Gasteiger partial charge is 0.305 e. The number of imidazole rings is 1. The summed E-state index contributed by atoms with van der Waals surface area (Å²) in [6, 6.07) is 23.2. The summed E-state index contributed by atoms with van der Waals surface area (Å²) in [7, 11) is 2.82. The van der Waals surface area contributed by atoms with Crippen LogP contribution in [0.15, 0.2) is 109 Å². The molecule has 2 saturated carbocycles. The summed E-state index contributed by atoms with van der Waals surface area (Å²) in [5.41, 5.74) is 10.1. The minimum atomic E-state index is -0.342. The van der Waals surface area contributed by atoms with E-state index in [1.807, 2.05) is 54.6 Å². The molecule has 63 heavy (non-hydrogen) atoms. The van der Waals surface area contributed by atoms with E-state index in [4.69, 9.17) is 29.4 Å². The normalized spacial score (nSPS) is 18.6. The molecule has 0 radical (unpaired) electrons. The lowest BCUT2D eigenvalue weighted by Crippen LogP contribution is -2.28. The number of aliphatic imine (C=N–C) groups is 3. The predicted octanol–water partition coefficient (Wildman–Crippen LogP) is 9.95. The molecule has 5 aromatic rings. The van der Waals surface area contributed by atoms with Crippen molar-refractivity contribution in [1.29, 1.82) is 0 Å². The first-order valence-corrected chi connectivity index (χ1v) is 23.2. The van der Waals surface area contributed by atoms with Gasteiger partial charge in [0.2, 0.25) is 0 Å². The zero-order chi connectivity index (χ0) is 44.2. The van der Waals surface area contributed by atoms with Crippen LogP contribution in [0.25, 0.3) is 5.69 Å². The third-order valence-electron chi connectivity index (χ3n) is 12.0. The maximum absolute atomic E-state index is 11.9. The fourth-order valence-electron chi connectivity index (χ4n) is 8.46. The van der Waals surface area contributed by atoms with E-state index >= 15 is 0 Å². The lowest BCUT2D eigenvalue weighted by atomic mass is 9.91. The van der Waals surface area contributed by atoms with Crippen LogP contribution in [-0.4, -0.2) is 80.1 Å². The van der Waals surface area contributed by atoms with E-state index in [1.165, 1.54) is 32.8 Å². The maximum Gasteiger partial charge on any atom is 0.305 e. The molecule has 0 saturated heterocycles. The van der Waals surface area contributed by atoms with Crippen LogP contribution in [0.3, 0.4) is 0 Å². The van der Waals surface area contributed by atoms with Gasteiger partial charge in [-0.15, -0.1) is 0 Å². The van der Waals surface area contributed by atoms with Crippen molar-refractivity contribution in [3.63, 3.8) is 0 Å². The summed E-state index contributed by atoms with van der Waals surface area (Å²) in [6.45, 7) is 4.15. The standard InChI is InChI=1S/C25H28BrN3O3.C24H23BrN4O2/c1-15(25(31)16-6-7-16)13-22-20(10-11-23(30)32-2)29-24(21-5-3-4-12-27-21)18-14-17(26)8-9-19(18)28-22;1-14-23(15-6-7-15)29-20-10-8-16(25)13-17(20)22(18-5-3-4-12-26-18)28-19(24(29)27-14)9-11-21(30)31-2/h3-5,8-9,12,14-16,20,25,31H,6-7,10-11,13H2,1-2H3;3-5,8,10,12-13,15,19H,6-7,9,11H2,1-2H3/t15?,20-,25?;19-/m00/s1. The third-order valence-corrected chi connectivity index (χ3v) is 13.0. The minimum absolute atomic E-state index is 0.0624. The number of hydrogen-bond donors (Lipinski definition) is 1. The second-order valence-corrected chi connectivity index (χ2v) is 18.5. The number of fused-ring (bicyclic) bond motifs is 4. The average Bonchev–Trinajstić information content (AvgIpc) is 4.24. The molecule has 5 heterocycles. The second-order valence-electron chi connectivity index (χ2n) is 16.6. The number of halogens is 2. The Morgan fingerprint density at radius 2 is 1.38 bits per heavy atom. The van der Waals surface area contributed by atoms with Gasteiger partial charge in [0.05, 0.1) is 66.2 Å². The predicted molar refractivity (Wildman–Crippen MR) is 251 cm³/mol. The van der Waals surface area contributed by atoms with Gasteiger partial charge in [-0.2, -0.15) is 0 Å². The number of aliphatic hydroxyl groups excluding tert-OH is 1. The Morgan fingerprint density at radius 1 is 0.794 bits per heavy atom. The van der Waals surface area contributed by atoms with Gasteiger partial charge in [-0.3, -0.25) is 39.1 Å². The number of esters is 2. The van der Waals surface area contributed by atoms with Crippen molar-refractivity contribution in [3.05, 3.63) is 134 Å². The van der Waals surface area contributed by atoms with E-state index in [-0.39, 0.29) is 48.9 Å². The number of rotatable bonds is 13. The van der Waals surface area contributed by atoms with Crippen LogP contribution in [0.4, 0.5) is 5.69 Å². The van der Waals surface area contributed by atoms with Crippen molar-refractivity contribution >= 4 is 66.6 Å². The molecule has 9 rings (SSSR count). The van der Waals surface area contributed by atoms with Gasteiger partial charge >= 0.3 is 11.9 Å². The molecule has 1 N–H and O–H groups in total. The number of benzene rings is 2. The van der Waals surface area contributed by atoms with E-state index in [0.29, 0.717) is 31.1 Å². The summed E-state index contributed by atoms with van der Waals surface area (Å²) < 4.78 is 14.0. The highest BCUT2D eigenvalue weighted by molar-refractivity contribution is 9.10. The van der Waals surface area contributed by atoms with Crippen LogP contribution < -0.4 is 0 Å². The van der Waals surface area contributed by atoms with Crippen molar-refractivity contribution < 1.29 is 24.2 Å². The molecule has 0 bridgehead atoms. The van der Waals surface area contributed by atoms with E-state index in [9.17, 15) is 14.7 Å². The van der Waals surface area contributed by atoms with Gasteiger partial charge in [-0.25, -0.2) is 4.98 Å². The lowest BCUT2D eigenvalue weighted by Gasteiger charge is -2.22. The average molecular weight is 978 g/mol. The van der Waals surface area contributed by atoms with Gasteiger partial charge in [0, 0.05) is 62.6 Å². The quantitative estimate of drug-likeness (QED) is 0.115. The Balaban J connectivity index is 0.000000173. The summed E-state index contributed by atoms with van der Waals surface area (Å²) in [6.07, 6.45) is 9.89. The monoisotopic (exact) mass is 975 g/mol. The Kier molecular flexibility index (Phi) is 13.9. The Hall–Kier alpha value is -5.18. The molecular formula is C49H51Br2N7O5. The molecule has 3 aromatic heterocycles. The largest absolute Gasteiger partial charge is 0.469 e. The first-order valence-electron chi connectivity index (χ1n) is 21.6. The number of pyridine rings is 2. The molecule has 2 unspecified atom stereocenters. The molecule has 0 amide bonds. The number of carbonyl (C=O) groups is 2. The minimum Gasteiger partial charge on any atom is -0.469 e. The summed E-state index contributed by atoms with van der Waals surface area (Å²) in [5, 5.41) is 10.7. The first-order chi connectivity index (χ1) is 30.5. The molecule has 4 aliphatic rings. The number of hydrogen-bond acceptors (Lipinski definition) is 11. The van der Waals surface area contributed by atoms with Gasteiger partial charge in [0.1, 0.15) is 11.9 Å². The molecule has 2 aromatic carbocycles. The van der Waals surface area contributed by atoms with Gasteiger partial charge < -0.3 is 14.6 Å². The van der Waals surface area contributed by atoms with Crippen LogP contribution in [0.5, 0.6) is 0 Å². The SMILES string of the molecule is COC(=O)CC[C@@H]1N=C(c2ccccn2)c2cc(Br)ccc2-n2c1nc(C)c2C1CC1.COC(=O)CC[C@@H]1N=C(c2ccccn2)c2cc(Br)ccc2N=C1CC(C)C(O)C1CC1. The second kappa shape index (κ2) is 19.7. The fraction of sp³-hybridized carbons (Fsp3) is 0.388. The number of aliphatic hydroxyl groups is 1. The van der Waals surface area contributed by atoms with Gasteiger partial charge in [0.25, 0.3) is 0 Å². The molecule has 12 nitrogen and oxygen atoms in total. The highest BCUT2D eigenvalue weighted by Crippen LogP contribution is 2.46. The summed E-state index contributed by atoms with van der Waals surface area (Å²) in [4.78, 5) is 53.2. The van der Waals surface area contributed by atoms with Crippen LogP contribution in [0.1, 0.15) is 116 Å². The number of aryl methyl sites for hydroxylation is 1. The molecular weight excluding hydrogens is 926 g/mol. The zero-order valence-corrected chi connectivity index (χ0v) is 39.0. The van der Waals surface area contributed by atoms with Crippen molar-refractivity contribution in [2.24, 2.45) is 26.8 Å². The number of carbonyl (C=O) groups excluding carboxylic acids is 2. The zero-order valence-electron chi connectivity index (χ0n) is 35.9. The Bertz CT molecular complexity index is 2570. The fourth-order valence-corrected chi connectivity index (χ4v) is 9.19. The van der Waals surface area contributed by atoms with Gasteiger partial charge in [-0.1, -0.05) is 50.9 Å². The van der Waals surface area contributed by atoms with E-state index in [1.54, 1.807) is 12.4 Å². The highest BCUT2D eigenvalue weighted by atomic mass is 79.9. The number of aromatic nitrogens is 4. The lowest BCUT2D eigenvalue weighted by molar-refractivity contribution is -0.141. The van der Waals surface area contributed by atoms with Crippen LogP contribution in [0, 0.1) is 18.8 Å². The first kappa shape index (κ1) is 44.4. The van der Waals surface area contributed by atoms with Gasteiger partial charge in [0.15, 0.2) is 0 Å². The number of ether oxygens (including phenoxy) is 2. The van der Waals surface area contributed by atoms with E-state index in [2.05, 4.69) is 78.4 Å². The third kappa shape index (κ3) is 10.3. The van der Waals surface area contributed by atoms with E-state index in [0.717, 1.165) is 84.3 Å². The number of nitrogens with zero attached hydrogens (tertiary/aromatic N) is 7. The number of methoxy groups -OCH3 is 2. The van der Waals surface area contributed by atoms with Crippen LogP contribution in [-0.2, 0) is 19.1 Å². The topological polar surface area (TPSA) is 154 Å². The molecule has 2 aliphatic carbocycles. The maximum atomic E-state index is 11.9. The molecule has 14 heteroatoms. The van der Waals surface area contributed by atoms with Crippen molar-refractivity contribution in [1.82, 2.24) is 19.5 Å². The highest BCUT2D eigenvalue weighted by Gasteiger charge is 2.37. The van der Waals surface area contributed by atoms with Crippen molar-refractivity contribution in [2.75, 3.05) is 14.2 Å².